The maximum Gasteiger partial charge on any atom is 0.350 e. The van der Waals surface area contributed by atoms with Crippen molar-refractivity contribution in [2.24, 2.45) is 0 Å². The summed E-state index contributed by atoms with van der Waals surface area (Å²) in [7, 11) is 0. The summed E-state index contributed by atoms with van der Waals surface area (Å²) in [5.74, 6) is 0. The predicted octanol–water partition coefficient (Wildman–Crippen LogP) is 0.202. The van der Waals surface area contributed by atoms with E-state index < -0.39 is 21.9 Å². The molecule has 0 amide bonds. The van der Waals surface area contributed by atoms with Gasteiger partial charge >= 0.3 is 16.9 Å². The average Bonchev–Trinajstić information content (AvgIpc) is 2.92. The fourth-order valence-corrected chi connectivity index (χ4v) is 2.49. The van der Waals surface area contributed by atoms with Gasteiger partial charge in [0.05, 0.1) is 23.4 Å². The second-order valence-corrected chi connectivity index (χ2v) is 4.86. The molecule has 102 valence electrons. The number of aromatic amines is 1. The molecule has 1 N–H and O–H groups in total. The second kappa shape index (κ2) is 4.42. The Kier molecular flexibility index (Phi) is 2.71. The van der Waals surface area contributed by atoms with Gasteiger partial charge in [-0.25, -0.2) is 9.78 Å². The first-order valence-electron chi connectivity index (χ1n) is 5.44. The Morgan fingerprint density at radius 2 is 2.20 bits per heavy atom. The van der Waals surface area contributed by atoms with E-state index in [1.165, 1.54) is 11.3 Å². The maximum absolute atomic E-state index is 11.6. The van der Waals surface area contributed by atoms with Crippen molar-refractivity contribution in [1.29, 1.82) is 0 Å². The molecule has 0 aliphatic rings. The van der Waals surface area contributed by atoms with Crippen LogP contribution in [0.25, 0.3) is 4.96 Å². The van der Waals surface area contributed by atoms with E-state index in [0.29, 0.717) is 5.69 Å². The topological polar surface area (TPSA) is 115 Å². The molecular formula is C10H7N5O4S. The molecule has 9 nitrogen and oxygen atoms in total. The third-order valence-corrected chi connectivity index (χ3v) is 3.43. The number of nitro groups is 1. The zero-order valence-electron chi connectivity index (χ0n) is 9.85. The highest BCUT2D eigenvalue weighted by atomic mass is 32.1. The summed E-state index contributed by atoms with van der Waals surface area (Å²) >= 11 is 1.43. The fraction of sp³-hybridized carbons (Fsp3) is 0.100. The molecule has 0 saturated carbocycles. The van der Waals surface area contributed by atoms with Crippen LogP contribution in [0.5, 0.6) is 0 Å². The molecule has 3 aromatic heterocycles. The lowest BCUT2D eigenvalue weighted by Gasteiger charge is -2.01. The highest BCUT2D eigenvalue weighted by Gasteiger charge is 2.15. The van der Waals surface area contributed by atoms with Crippen LogP contribution in [0.2, 0.25) is 0 Å². The Hall–Kier alpha value is -2.75. The number of imidazole rings is 1. The Morgan fingerprint density at radius 3 is 2.90 bits per heavy atom. The fourth-order valence-electron chi connectivity index (χ4n) is 1.77. The molecule has 0 atom stereocenters. The summed E-state index contributed by atoms with van der Waals surface area (Å²) in [6, 6.07) is 0. The number of thiazole rings is 1. The van der Waals surface area contributed by atoms with Gasteiger partial charge in [-0.05, 0) is 0 Å². The minimum Gasteiger partial charge on any atom is -0.297 e. The molecule has 10 heteroatoms. The van der Waals surface area contributed by atoms with Crippen LogP contribution in [0.15, 0.2) is 33.6 Å². The van der Waals surface area contributed by atoms with E-state index in [1.807, 2.05) is 16.6 Å². The minimum absolute atomic E-state index is 0.0465. The van der Waals surface area contributed by atoms with Gasteiger partial charge in [0.2, 0.25) is 0 Å². The molecule has 0 bridgehead atoms. The van der Waals surface area contributed by atoms with E-state index in [4.69, 9.17) is 0 Å². The predicted molar refractivity (Wildman–Crippen MR) is 70.1 cm³/mol. The Morgan fingerprint density at radius 1 is 1.40 bits per heavy atom. The van der Waals surface area contributed by atoms with E-state index in [0.717, 1.165) is 15.7 Å². The van der Waals surface area contributed by atoms with Crippen LogP contribution in [-0.4, -0.2) is 23.9 Å². The number of rotatable bonds is 3. The molecule has 3 heterocycles. The molecule has 3 aromatic rings. The highest BCUT2D eigenvalue weighted by molar-refractivity contribution is 7.15. The zero-order chi connectivity index (χ0) is 14.3. The number of hydrogen-bond acceptors (Lipinski definition) is 6. The van der Waals surface area contributed by atoms with Crippen LogP contribution >= 0.6 is 11.3 Å². The molecule has 0 fully saturated rings. The lowest BCUT2D eigenvalue weighted by Crippen LogP contribution is -2.31. The summed E-state index contributed by atoms with van der Waals surface area (Å²) in [4.78, 5) is 39.7. The van der Waals surface area contributed by atoms with Gasteiger partial charge in [-0.2, -0.15) is 0 Å². The van der Waals surface area contributed by atoms with Crippen LogP contribution in [0.4, 0.5) is 5.69 Å². The zero-order valence-corrected chi connectivity index (χ0v) is 10.7. The van der Waals surface area contributed by atoms with Crippen molar-refractivity contribution >= 4 is 22.0 Å². The molecule has 0 aliphatic heterocycles. The van der Waals surface area contributed by atoms with Gasteiger partial charge in [-0.3, -0.25) is 28.9 Å². The van der Waals surface area contributed by atoms with E-state index in [-0.39, 0.29) is 6.54 Å². The van der Waals surface area contributed by atoms with Gasteiger partial charge in [0.1, 0.15) is 0 Å². The summed E-state index contributed by atoms with van der Waals surface area (Å²) in [5, 5.41) is 12.6. The van der Waals surface area contributed by atoms with Crippen LogP contribution < -0.4 is 11.2 Å². The Balaban J connectivity index is 2.04. The van der Waals surface area contributed by atoms with Crippen molar-refractivity contribution < 1.29 is 4.92 Å². The van der Waals surface area contributed by atoms with Gasteiger partial charge < -0.3 is 0 Å². The van der Waals surface area contributed by atoms with Crippen molar-refractivity contribution in [3.63, 3.8) is 0 Å². The summed E-state index contributed by atoms with van der Waals surface area (Å²) in [6.07, 6.45) is 4.46. The summed E-state index contributed by atoms with van der Waals surface area (Å²) in [5.41, 5.74) is -1.83. The lowest BCUT2D eigenvalue weighted by molar-refractivity contribution is -0.386. The first-order chi connectivity index (χ1) is 9.54. The number of nitrogens with one attached hydrogen (secondary N) is 1. The van der Waals surface area contributed by atoms with Crippen molar-refractivity contribution in [3.8, 4) is 0 Å². The molecule has 0 saturated heterocycles. The lowest BCUT2D eigenvalue weighted by atomic mass is 10.4. The van der Waals surface area contributed by atoms with Crippen molar-refractivity contribution in [2.75, 3.05) is 0 Å². The van der Waals surface area contributed by atoms with Crippen LogP contribution in [0, 0.1) is 10.1 Å². The van der Waals surface area contributed by atoms with Crippen LogP contribution in [0.1, 0.15) is 5.69 Å². The van der Waals surface area contributed by atoms with Crippen LogP contribution in [0.3, 0.4) is 0 Å². The van der Waals surface area contributed by atoms with Crippen molar-refractivity contribution in [1.82, 2.24) is 18.9 Å². The normalized spacial score (nSPS) is 11.0. The van der Waals surface area contributed by atoms with Crippen LogP contribution in [-0.2, 0) is 6.54 Å². The molecular weight excluding hydrogens is 286 g/mol. The minimum atomic E-state index is -1.01. The van der Waals surface area contributed by atoms with E-state index in [2.05, 4.69) is 4.98 Å². The van der Waals surface area contributed by atoms with E-state index in [1.54, 1.807) is 10.6 Å². The molecule has 3 rings (SSSR count). The smallest absolute Gasteiger partial charge is 0.297 e. The van der Waals surface area contributed by atoms with E-state index >= 15 is 0 Å². The van der Waals surface area contributed by atoms with Gasteiger partial charge in [0, 0.05) is 17.8 Å². The largest absolute Gasteiger partial charge is 0.350 e. The average molecular weight is 293 g/mol. The number of H-pyrrole nitrogens is 1. The first-order valence-corrected chi connectivity index (χ1v) is 6.32. The van der Waals surface area contributed by atoms with Gasteiger partial charge in [0.25, 0.3) is 0 Å². The summed E-state index contributed by atoms with van der Waals surface area (Å²) < 4.78 is 2.83. The van der Waals surface area contributed by atoms with E-state index in [9.17, 15) is 19.7 Å². The van der Waals surface area contributed by atoms with Crippen molar-refractivity contribution in [3.05, 3.63) is 60.6 Å². The number of aromatic nitrogens is 4. The summed E-state index contributed by atoms with van der Waals surface area (Å²) in [6.45, 7) is 0.0465. The Labute approximate surface area is 113 Å². The van der Waals surface area contributed by atoms with Gasteiger partial charge in [-0.1, -0.05) is 0 Å². The number of nitrogens with zero attached hydrogens (tertiary/aromatic N) is 4. The molecule has 0 aromatic carbocycles. The third-order valence-electron chi connectivity index (χ3n) is 2.66. The first kappa shape index (κ1) is 12.3. The molecule has 0 spiro atoms. The third kappa shape index (κ3) is 2.01. The molecule has 0 radical (unpaired) electrons. The second-order valence-electron chi connectivity index (χ2n) is 3.98. The highest BCUT2D eigenvalue weighted by Crippen LogP contribution is 2.12. The maximum atomic E-state index is 11.6. The molecule has 20 heavy (non-hydrogen) atoms. The Bertz CT molecular complexity index is 889. The number of hydrogen-bond donors (Lipinski definition) is 1. The van der Waals surface area contributed by atoms with Gasteiger partial charge in [0.15, 0.2) is 4.96 Å². The standard InChI is InChI=1S/C10H7N5O4S/c16-8-7(15(18)19)5-14(9(17)12-8)4-6-3-13-1-2-20-10(13)11-6/h1-3,5H,4H2,(H,12,16,17). The molecule has 0 unspecified atom stereocenters. The number of fused-ring (bicyclic) bond motifs is 1. The van der Waals surface area contributed by atoms with Gasteiger partial charge in [-0.15, -0.1) is 11.3 Å². The molecule has 0 aliphatic carbocycles. The van der Waals surface area contributed by atoms with Crippen molar-refractivity contribution in [2.45, 2.75) is 6.54 Å². The monoisotopic (exact) mass is 293 g/mol. The quantitative estimate of drug-likeness (QED) is 0.547. The SMILES string of the molecule is O=c1[nH]c(=O)n(Cc2cn3ccsc3n2)cc1[N+](=O)[O-].